The molecule has 1 atom stereocenters. The zero-order valence-electron chi connectivity index (χ0n) is 18.0. The van der Waals surface area contributed by atoms with Gasteiger partial charge in [-0.2, -0.15) is 8.42 Å². The number of ketones is 1. The van der Waals surface area contributed by atoms with Crippen LogP contribution in [0.25, 0.3) is 6.08 Å². The number of benzene rings is 2. The van der Waals surface area contributed by atoms with Crippen LogP contribution in [0.3, 0.4) is 0 Å². The van der Waals surface area contributed by atoms with Gasteiger partial charge in [0.05, 0.1) is 11.9 Å². The summed E-state index contributed by atoms with van der Waals surface area (Å²) in [6.45, 7) is 1.89. The van der Waals surface area contributed by atoms with Crippen LogP contribution in [0.2, 0.25) is 0 Å². The van der Waals surface area contributed by atoms with Gasteiger partial charge in [0.15, 0.2) is 6.10 Å². The van der Waals surface area contributed by atoms with Gasteiger partial charge in [-0.05, 0) is 61.0 Å². The molecule has 0 saturated heterocycles. The summed E-state index contributed by atoms with van der Waals surface area (Å²) >= 11 is 0. The summed E-state index contributed by atoms with van der Waals surface area (Å²) in [6, 6.07) is 16.4. The van der Waals surface area contributed by atoms with Gasteiger partial charge in [0.1, 0.15) is 11.5 Å². The van der Waals surface area contributed by atoms with E-state index in [1.54, 1.807) is 41.1 Å². The highest BCUT2D eigenvalue weighted by Gasteiger charge is 2.14. The van der Waals surface area contributed by atoms with E-state index in [0.29, 0.717) is 23.6 Å². The third-order valence-electron chi connectivity index (χ3n) is 4.56. The van der Waals surface area contributed by atoms with Crippen molar-refractivity contribution in [3.8, 4) is 11.5 Å². The van der Waals surface area contributed by atoms with Crippen LogP contribution >= 0.6 is 0 Å². The van der Waals surface area contributed by atoms with Crippen molar-refractivity contribution >= 4 is 27.9 Å². The van der Waals surface area contributed by atoms with Crippen molar-refractivity contribution < 1.29 is 32.0 Å². The van der Waals surface area contributed by atoms with Gasteiger partial charge >= 0.3 is 16.1 Å². The Hall–Kier alpha value is -3.85. The number of carbonyl (C=O) groups excluding carboxylic acids is 1. The van der Waals surface area contributed by atoms with E-state index in [1.165, 1.54) is 31.2 Å². The summed E-state index contributed by atoms with van der Waals surface area (Å²) in [5, 5.41) is 8.97. The van der Waals surface area contributed by atoms with E-state index in [4.69, 9.17) is 14.0 Å². The van der Waals surface area contributed by atoms with Crippen molar-refractivity contribution in [3.05, 3.63) is 89.8 Å². The van der Waals surface area contributed by atoms with E-state index in [0.717, 1.165) is 11.8 Å². The third kappa shape index (κ3) is 6.81. The molecule has 9 heteroatoms. The van der Waals surface area contributed by atoms with Gasteiger partial charge in [-0.1, -0.05) is 24.3 Å². The van der Waals surface area contributed by atoms with Crippen molar-refractivity contribution in [1.29, 1.82) is 0 Å². The minimum Gasteiger partial charge on any atom is -0.479 e. The molecule has 0 aliphatic rings. The highest BCUT2D eigenvalue weighted by atomic mass is 32.2. The fraction of sp³-hybridized carbons (Fsp3) is 0.167. The molecule has 0 amide bonds. The molecule has 3 aromatic rings. The maximum Gasteiger partial charge on any atom is 0.344 e. The number of carboxylic acids is 1. The van der Waals surface area contributed by atoms with E-state index < -0.39 is 22.2 Å². The van der Waals surface area contributed by atoms with Crippen LogP contribution in [0.1, 0.15) is 28.5 Å². The Morgan fingerprint density at radius 2 is 1.79 bits per heavy atom. The number of hydrogen-bond donors (Lipinski definition) is 1. The Kier molecular flexibility index (Phi) is 7.34. The molecular formula is C24H23NO7S. The smallest absolute Gasteiger partial charge is 0.344 e. The monoisotopic (exact) mass is 469 g/mol. The lowest BCUT2D eigenvalue weighted by Crippen LogP contribution is -2.22. The second-order valence-corrected chi connectivity index (χ2v) is 8.83. The lowest BCUT2D eigenvalue weighted by atomic mass is 10.1. The van der Waals surface area contributed by atoms with Gasteiger partial charge in [0.2, 0.25) is 5.78 Å². The van der Waals surface area contributed by atoms with Crippen LogP contribution < -0.4 is 8.92 Å². The number of aliphatic carboxylic acids is 1. The number of aromatic nitrogens is 1. The summed E-state index contributed by atoms with van der Waals surface area (Å²) in [5.74, 6) is -0.667. The first-order valence-electron chi connectivity index (χ1n) is 9.98. The molecule has 0 spiro atoms. The Bertz CT molecular complexity index is 1270. The van der Waals surface area contributed by atoms with Gasteiger partial charge in [-0.25, -0.2) is 4.79 Å². The van der Waals surface area contributed by atoms with E-state index in [9.17, 15) is 18.0 Å². The first-order valence-corrected chi connectivity index (χ1v) is 11.8. The minimum absolute atomic E-state index is 0.135. The summed E-state index contributed by atoms with van der Waals surface area (Å²) in [5.41, 5.74) is 1.70. The zero-order valence-corrected chi connectivity index (χ0v) is 18.9. The maximum atomic E-state index is 12.9. The first kappa shape index (κ1) is 23.8. The van der Waals surface area contributed by atoms with Crippen molar-refractivity contribution in [2.75, 3.05) is 6.26 Å². The molecule has 0 saturated carbocycles. The maximum absolute atomic E-state index is 12.9. The molecule has 0 bridgehead atoms. The number of ether oxygens (including phenoxy) is 1. The Labute approximate surface area is 191 Å². The van der Waals surface area contributed by atoms with E-state index in [1.807, 2.05) is 18.2 Å². The molecule has 0 aliphatic carbocycles. The predicted molar refractivity (Wildman–Crippen MR) is 123 cm³/mol. The molecule has 0 unspecified atom stereocenters. The molecule has 0 radical (unpaired) electrons. The van der Waals surface area contributed by atoms with Gasteiger partial charge in [-0.3, -0.25) is 4.79 Å². The molecule has 2 aromatic carbocycles. The van der Waals surface area contributed by atoms with Crippen LogP contribution in [0, 0.1) is 0 Å². The highest BCUT2D eigenvalue weighted by molar-refractivity contribution is 7.86. The van der Waals surface area contributed by atoms with Crippen molar-refractivity contribution in [1.82, 2.24) is 4.57 Å². The molecule has 0 fully saturated rings. The molecule has 3 rings (SSSR count). The van der Waals surface area contributed by atoms with Crippen LogP contribution in [0.15, 0.2) is 72.9 Å². The lowest BCUT2D eigenvalue weighted by Gasteiger charge is -2.10. The molecule has 1 aromatic heterocycles. The molecule has 1 N–H and O–H groups in total. The molecule has 0 aliphatic heterocycles. The second-order valence-electron chi connectivity index (χ2n) is 7.26. The molecule has 172 valence electrons. The van der Waals surface area contributed by atoms with E-state index >= 15 is 0 Å². The number of allylic oxidation sites excluding steroid dienone is 1. The number of carbonyl (C=O) groups is 2. The highest BCUT2D eigenvalue weighted by Crippen LogP contribution is 2.18. The summed E-state index contributed by atoms with van der Waals surface area (Å²) in [4.78, 5) is 23.8. The summed E-state index contributed by atoms with van der Waals surface area (Å²) < 4.78 is 34.4. The van der Waals surface area contributed by atoms with Gasteiger partial charge < -0.3 is 18.6 Å². The lowest BCUT2D eigenvalue weighted by molar-refractivity contribution is -0.144. The standard InChI is InChI=1S/C24H23NO7S/c1-17(24(27)28)31-21-8-3-6-18(16-21)7-4-14-25-15-5-9-22(25)23(26)19-10-12-20(13-11-19)32-33(2,29)30/h3-13,15-17H,14H2,1-2H3,(H,27,28)/b7-4+/t17-/m0/s1. The Balaban J connectivity index is 1.68. The molecule has 1 heterocycles. The number of nitrogens with zero attached hydrogens (tertiary/aromatic N) is 1. The molecular weight excluding hydrogens is 446 g/mol. The van der Waals surface area contributed by atoms with Gasteiger partial charge in [0.25, 0.3) is 0 Å². The fourth-order valence-corrected chi connectivity index (χ4v) is 3.47. The molecule has 33 heavy (non-hydrogen) atoms. The predicted octanol–water partition coefficient (Wildman–Crippen LogP) is 3.62. The number of hydrogen-bond acceptors (Lipinski definition) is 6. The normalized spacial score (nSPS) is 12.4. The Morgan fingerprint density at radius 1 is 1.06 bits per heavy atom. The van der Waals surface area contributed by atoms with Crippen molar-refractivity contribution in [2.45, 2.75) is 19.6 Å². The zero-order chi connectivity index (χ0) is 24.0. The average molecular weight is 470 g/mol. The van der Waals surface area contributed by atoms with Gasteiger partial charge in [-0.15, -0.1) is 0 Å². The summed E-state index contributed by atoms with van der Waals surface area (Å²) in [6.07, 6.45) is 5.51. The van der Waals surface area contributed by atoms with E-state index in [-0.39, 0.29) is 11.5 Å². The molecule has 8 nitrogen and oxygen atoms in total. The van der Waals surface area contributed by atoms with Crippen LogP contribution in [0.5, 0.6) is 11.5 Å². The number of rotatable bonds is 10. The average Bonchev–Trinajstić information content (AvgIpc) is 3.21. The largest absolute Gasteiger partial charge is 0.479 e. The van der Waals surface area contributed by atoms with Crippen molar-refractivity contribution in [2.24, 2.45) is 0 Å². The fourth-order valence-electron chi connectivity index (χ4n) is 3.01. The topological polar surface area (TPSA) is 112 Å². The SMILES string of the molecule is C[C@H](Oc1cccc(/C=C/Cn2cccc2C(=O)c2ccc(OS(C)(=O)=O)cc2)c1)C(=O)O. The van der Waals surface area contributed by atoms with Crippen molar-refractivity contribution in [3.63, 3.8) is 0 Å². The minimum atomic E-state index is -3.64. The van der Waals surface area contributed by atoms with Crippen LogP contribution in [0.4, 0.5) is 0 Å². The second kappa shape index (κ2) is 10.2. The first-order chi connectivity index (χ1) is 15.6. The van der Waals surface area contributed by atoms with Crippen LogP contribution in [-0.2, 0) is 21.5 Å². The van der Waals surface area contributed by atoms with Crippen LogP contribution in [-0.4, -0.2) is 42.2 Å². The Morgan fingerprint density at radius 3 is 2.45 bits per heavy atom. The summed E-state index contributed by atoms with van der Waals surface area (Å²) in [7, 11) is -3.64. The van der Waals surface area contributed by atoms with Gasteiger partial charge in [0, 0.05) is 18.3 Å². The van der Waals surface area contributed by atoms with E-state index in [2.05, 4.69) is 0 Å². The number of carboxylic acid groups (broad SMARTS) is 1. The third-order valence-corrected chi connectivity index (χ3v) is 5.05. The quantitative estimate of drug-likeness (QED) is 0.356.